The Hall–Kier alpha value is -1.84. The van der Waals surface area contributed by atoms with Gasteiger partial charge in [-0.3, -0.25) is 4.57 Å². The number of fused-ring (bicyclic) bond motifs is 2. The van der Waals surface area contributed by atoms with Crippen molar-refractivity contribution in [1.82, 2.24) is 14.5 Å². The molecule has 12 heteroatoms. The second kappa shape index (κ2) is 13.9. The summed E-state index contributed by atoms with van der Waals surface area (Å²) in [6.07, 6.45) is 2.71. The quantitative estimate of drug-likeness (QED) is 0.155. The van der Waals surface area contributed by atoms with Crippen LogP contribution in [0.2, 0.25) is 48.8 Å². The topological polar surface area (TPSA) is 97.1 Å². The van der Waals surface area contributed by atoms with Crippen molar-refractivity contribution in [1.29, 1.82) is 0 Å². The lowest BCUT2D eigenvalue weighted by Crippen LogP contribution is -2.53. The number of rotatable bonds is 11. The van der Waals surface area contributed by atoms with Crippen LogP contribution in [0.25, 0.3) is 22.4 Å². The van der Waals surface area contributed by atoms with E-state index in [4.69, 9.17) is 44.9 Å². The summed E-state index contributed by atoms with van der Waals surface area (Å²) >= 11 is 6.89. The fraction of sp³-hybridized carbons (Fsp3) is 0.676. The summed E-state index contributed by atoms with van der Waals surface area (Å²) in [7, 11) is -3.34. The molecule has 0 bridgehead atoms. The fourth-order valence-electron chi connectivity index (χ4n) is 6.89. The van der Waals surface area contributed by atoms with Crippen molar-refractivity contribution in [3.05, 3.63) is 40.9 Å². The van der Waals surface area contributed by atoms with Crippen LogP contribution >= 0.6 is 11.6 Å². The molecule has 1 saturated carbocycles. The first-order valence-electron chi connectivity index (χ1n) is 18.0. The Morgan fingerprint density at radius 3 is 2.37 bits per heavy atom. The monoisotopic (exact) mass is 729 g/mol. The maximum absolute atomic E-state index is 9.95. The van der Waals surface area contributed by atoms with Crippen LogP contribution in [0, 0.1) is 0 Å². The van der Waals surface area contributed by atoms with Gasteiger partial charge in [0, 0.05) is 20.2 Å². The van der Waals surface area contributed by atoms with Gasteiger partial charge in [0.25, 0.3) is 0 Å². The van der Waals surface area contributed by atoms with Crippen LogP contribution in [0.15, 0.2) is 30.3 Å². The van der Waals surface area contributed by atoms with Gasteiger partial charge in [-0.2, -0.15) is 4.98 Å². The SMILES string of the molecule is CC12OCC(Oc3nc4cc(Cl)c(-c5ccc(C6CCC(O)CC6)cc5)nc4n3COCC[Si](C)(C)C)C1OCC2O[Si](C)(C)C(C)(C)C. The first-order valence-corrected chi connectivity index (χ1v) is 25.0. The molecule has 0 amide bonds. The maximum atomic E-state index is 9.95. The summed E-state index contributed by atoms with van der Waals surface area (Å²) in [5.74, 6) is 0.469. The van der Waals surface area contributed by atoms with E-state index in [1.807, 2.05) is 10.6 Å². The van der Waals surface area contributed by atoms with Gasteiger partial charge in [-0.05, 0) is 74.3 Å². The molecule has 4 unspecified atom stereocenters. The molecule has 9 nitrogen and oxygen atoms in total. The minimum atomic E-state index is -2.05. The molecular weight excluding hydrogens is 674 g/mol. The van der Waals surface area contributed by atoms with E-state index in [-0.39, 0.29) is 36.2 Å². The van der Waals surface area contributed by atoms with Crippen LogP contribution < -0.4 is 4.74 Å². The molecule has 1 N–H and O–H groups in total. The van der Waals surface area contributed by atoms with Gasteiger partial charge in [0.15, 0.2) is 20.1 Å². The standard InChI is InChI=1S/C37H56ClN3O6Si2/c1-36(2,3)49(8,9)47-31-22-44-33-30(21-45-37(31,33)4)46-35-39-29-20-28(38)32(40-34(29)41(35)23-43-18-19-48(5,6)7)26-12-10-24(11-13-26)25-14-16-27(42)17-15-25/h10-13,20,25,27,30-31,33,42H,14-19,21-23H2,1-9H3. The first-order chi connectivity index (χ1) is 22.9. The van der Waals surface area contributed by atoms with Gasteiger partial charge in [-0.15, -0.1) is 0 Å². The summed E-state index contributed by atoms with van der Waals surface area (Å²) < 4.78 is 34.5. The van der Waals surface area contributed by atoms with Crippen molar-refractivity contribution in [3.8, 4) is 17.3 Å². The molecule has 1 aliphatic carbocycles. The molecule has 1 aromatic carbocycles. The van der Waals surface area contributed by atoms with Crippen molar-refractivity contribution >= 4 is 39.2 Å². The lowest BCUT2D eigenvalue weighted by molar-refractivity contribution is -0.0572. The number of imidazole rings is 1. The van der Waals surface area contributed by atoms with Gasteiger partial charge in [0.05, 0.1) is 36.1 Å². The number of aliphatic hydroxyl groups is 1. The summed E-state index contributed by atoms with van der Waals surface area (Å²) in [5.41, 5.74) is 3.60. The number of pyridine rings is 1. The summed E-state index contributed by atoms with van der Waals surface area (Å²) in [6, 6.07) is 11.9. The Balaban J connectivity index is 1.26. The van der Waals surface area contributed by atoms with E-state index < -0.39 is 22.0 Å². The summed E-state index contributed by atoms with van der Waals surface area (Å²) in [4.78, 5) is 9.98. The Bertz CT molecular complexity index is 1610. The maximum Gasteiger partial charge on any atom is 0.301 e. The average molecular weight is 730 g/mol. The molecule has 4 heterocycles. The Morgan fingerprint density at radius 1 is 1.02 bits per heavy atom. The number of aliphatic hydroxyl groups excluding tert-OH is 1. The Labute approximate surface area is 299 Å². The predicted molar refractivity (Wildman–Crippen MR) is 200 cm³/mol. The van der Waals surface area contributed by atoms with Crippen molar-refractivity contribution in [2.75, 3.05) is 19.8 Å². The molecule has 2 aliphatic heterocycles. The zero-order valence-corrected chi connectivity index (χ0v) is 33.6. The Kier molecular flexibility index (Phi) is 10.5. The van der Waals surface area contributed by atoms with Gasteiger partial charge >= 0.3 is 6.01 Å². The smallest absolute Gasteiger partial charge is 0.301 e. The summed E-state index contributed by atoms with van der Waals surface area (Å²) in [5, 5.41) is 10.6. The molecule has 3 aliphatic rings. The van der Waals surface area contributed by atoms with Crippen LogP contribution in [-0.2, 0) is 25.4 Å². The van der Waals surface area contributed by atoms with E-state index in [9.17, 15) is 5.11 Å². The number of nitrogens with zero attached hydrogens (tertiary/aromatic N) is 3. The number of hydrogen-bond acceptors (Lipinski definition) is 8. The Morgan fingerprint density at radius 2 is 1.71 bits per heavy atom. The third-order valence-electron chi connectivity index (χ3n) is 11.2. The van der Waals surface area contributed by atoms with Crippen LogP contribution in [0.4, 0.5) is 0 Å². The largest absolute Gasteiger partial charge is 0.456 e. The zero-order chi connectivity index (χ0) is 35.4. The van der Waals surface area contributed by atoms with Gasteiger partial charge in [-0.1, -0.05) is 76.3 Å². The van der Waals surface area contributed by atoms with Crippen molar-refractivity contribution in [2.24, 2.45) is 0 Å². The van der Waals surface area contributed by atoms with E-state index in [0.29, 0.717) is 53.6 Å². The average Bonchev–Trinajstić information content (AvgIpc) is 3.63. The molecule has 3 aromatic rings. The van der Waals surface area contributed by atoms with E-state index in [0.717, 1.165) is 37.3 Å². The number of benzene rings is 1. The highest BCUT2D eigenvalue weighted by atomic mass is 35.5. The van der Waals surface area contributed by atoms with Crippen LogP contribution in [0.5, 0.6) is 6.01 Å². The zero-order valence-electron chi connectivity index (χ0n) is 30.8. The van der Waals surface area contributed by atoms with E-state index >= 15 is 0 Å². The third-order valence-corrected chi connectivity index (χ3v) is 17.7. The minimum absolute atomic E-state index is 0.0747. The van der Waals surface area contributed by atoms with E-state index in [1.165, 1.54) is 5.56 Å². The van der Waals surface area contributed by atoms with Crippen LogP contribution in [0.3, 0.4) is 0 Å². The number of halogens is 1. The molecule has 270 valence electrons. The molecule has 4 atom stereocenters. The molecule has 0 spiro atoms. The van der Waals surface area contributed by atoms with Gasteiger partial charge < -0.3 is 28.5 Å². The van der Waals surface area contributed by atoms with Gasteiger partial charge in [0.1, 0.15) is 24.0 Å². The van der Waals surface area contributed by atoms with E-state index in [1.54, 1.807) is 0 Å². The molecule has 6 rings (SSSR count). The molecule has 2 aromatic heterocycles. The highest BCUT2D eigenvalue weighted by molar-refractivity contribution is 6.76. The van der Waals surface area contributed by atoms with Crippen LogP contribution in [-0.4, -0.2) is 85.9 Å². The highest BCUT2D eigenvalue weighted by Gasteiger charge is 2.60. The lowest BCUT2D eigenvalue weighted by Gasteiger charge is -2.41. The molecule has 2 saturated heterocycles. The first kappa shape index (κ1) is 36.9. The van der Waals surface area contributed by atoms with Crippen molar-refractivity contribution in [2.45, 2.75) is 140 Å². The van der Waals surface area contributed by atoms with Crippen molar-refractivity contribution in [3.63, 3.8) is 0 Å². The lowest BCUT2D eigenvalue weighted by atomic mass is 9.82. The molecule has 3 fully saturated rings. The van der Waals surface area contributed by atoms with Gasteiger partial charge in [0.2, 0.25) is 0 Å². The van der Waals surface area contributed by atoms with Gasteiger partial charge in [-0.25, -0.2) is 4.98 Å². The molecule has 49 heavy (non-hydrogen) atoms. The van der Waals surface area contributed by atoms with Crippen LogP contribution in [0.1, 0.15) is 64.9 Å². The number of ether oxygens (including phenoxy) is 4. The second-order valence-corrected chi connectivity index (χ2v) is 28.0. The fourth-order valence-corrected chi connectivity index (χ4v) is 9.27. The minimum Gasteiger partial charge on any atom is -0.456 e. The van der Waals surface area contributed by atoms with E-state index in [2.05, 4.69) is 84.7 Å². The third kappa shape index (κ3) is 7.84. The molecule has 0 radical (unpaired) electrons. The molecular formula is C37H56ClN3O6Si2. The van der Waals surface area contributed by atoms with Crippen molar-refractivity contribution < 1.29 is 28.5 Å². The highest BCUT2D eigenvalue weighted by Crippen LogP contribution is 2.45. The number of aromatic nitrogens is 3. The predicted octanol–water partition coefficient (Wildman–Crippen LogP) is 8.41. The number of hydrogen-bond donors (Lipinski definition) is 1. The summed E-state index contributed by atoms with van der Waals surface area (Å²) in [6.45, 7) is 22.1. The second-order valence-electron chi connectivity index (χ2n) is 17.2. The normalized spacial score (nSPS) is 27.9.